The molecule has 1 aromatic heterocycles. The van der Waals surface area contributed by atoms with E-state index in [0.29, 0.717) is 11.5 Å². The summed E-state index contributed by atoms with van der Waals surface area (Å²) in [6.07, 6.45) is 4.40. The van der Waals surface area contributed by atoms with Crippen LogP contribution in [-0.2, 0) is 7.05 Å². The summed E-state index contributed by atoms with van der Waals surface area (Å²) in [7, 11) is 2.03. The molecule has 1 heterocycles. The van der Waals surface area contributed by atoms with Crippen molar-refractivity contribution in [1.82, 2.24) is 15.1 Å². The summed E-state index contributed by atoms with van der Waals surface area (Å²) in [6, 6.07) is 2.62. The summed E-state index contributed by atoms with van der Waals surface area (Å²) in [5.41, 5.74) is 1.82. The van der Waals surface area contributed by atoms with Crippen molar-refractivity contribution in [2.45, 2.75) is 39.7 Å². The molecule has 3 nitrogen and oxygen atoms in total. The molecule has 2 unspecified atom stereocenters. The maximum absolute atomic E-state index is 4.28. The maximum Gasteiger partial charge on any atom is 0.0553 e. The van der Waals surface area contributed by atoms with E-state index in [9.17, 15) is 0 Å². The Morgan fingerprint density at radius 1 is 1.62 bits per heavy atom. The van der Waals surface area contributed by atoms with Gasteiger partial charge >= 0.3 is 0 Å². The first-order valence-corrected chi connectivity index (χ1v) is 6.27. The molecular weight excluding hydrogens is 198 g/mol. The largest absolute Gasteiger partial charge is 0.308 e. The second-order valence-corrected chi connectivity index (χ2v) is 5.61. The molecule has 3 heteroatoms. The first-order chi connectivity index (χ1) is 7.56. The molecule has 0 spiro atoms. The van der Waals surface area contributed by atoms with Gasteiger partial charge in [-0.1, -0.05) is 20.8 Å². The Bertz CT molecular complexity index is 354. The van der Waals surface area contributed by atoms with E-state index in [1.54, 1.807) is 0 Å². The summed E-state index contributed by atoms with van der Waals surface area (Å²) in [6.45, 7) is 8.01. The highest BCUT2D eigenvalue weighted by molar-refractivity contribution is 5.15. The van der Waals surface area contributed by atoms with Crippen LogP contribution in [0.15, 0.2) is 12.3 Å². The van der Waals surface area contributed by atoms with E-state index in [2.05, 4.69) is 37.3 Å². The van der Waals surface area contributed by atoms with Gasteiger partial charge in [0.25, 0.3) is 0 Å². The third-order valence-electron chi connectivity index (χ3n) is 3.78. The molecule has 1 aliphatic carbocycles. The molecule has 2 rings (SSSR count). The summed E-state index contributed by atoms with van der Waals surface area (Å²) < 4.78 is 2.00. The van der Waals surface area contributed by atoms with E-state index in [1.807, 2.05) is 17.9 Å². The van der Waals surface area contributed by atoms with Gasteiger partial charge in [0.1, 0.15) is 0 Å². The highest BCUT2D eigenvalue weighted by atomic mass is 15.3. The number of hydrogen-bond acceptors (Lipinski definition) is 2. The van der Waals surface area contributed by atoms with Crippen LogP contribution < -0.4 is 5.32 Å². The molecule has 0 bridgehead atoms. The predicted molar refractivity (Wildman–Crippen MR) is 66.1 cm³/mol. The van der Waals surface area contributed by atoms with Crippen LogP contribution in [-0.4, -0.2) is 16.3 Å². The van der Waals surface area contributed by atoms with Crippen molar-refractivity contribution in [3.8, 4) is 0 Å². The van der Waals surface area contributed by atoms with E-state index in [1.165, 1.54) is 18.5 Å². The van der Waals surface area contributed by atoms with Crippen LogP contribution in [0, 0.1) is 11.3 Å². The van der Waals surface area contributed by atoms with Crippen molar-refractivity contribution in [2.24, 2.45) is 18.4 Å². The summed E-state index contributed by atoms with van der Waals surface area (Å²) in [4.78, 5) is 0. The molecular formula is C13H23N3. The normalized spacial score (nSPS) is 24.4. The highest BCUT2D eigenvalue weighted by Gasteiger charge is 2.50. The van der Waals surface area contributed by atoms with Crippen molar-refractivity contribution in [3.63, 3.8) is 0 Å². The average molecular weight is 221 g/mol. The SMILES string of the molecule is CCCNC(c1ccnn1C)C1CC1(C)C. The van der Waals surface area contributed by atoms with Crippen molar-refractivity contribution < 1.29 is 0 Å². The minimum atomic E-state index is 0.474. The fourth-order valence-electron chi connectivity index (χ4n) is 2.52. The summed E-state index contributed by atoms with van der Waals surface area (Å²) in [5, 5.41) is 7.95. The maximum atomic E-state index is 4.28. The molecule has 1 fully saturated rings. The van der Waals surface area contributed by atoms with Gasteiger partial charge in [0.05, 0.1) is 11.7 Å². The molecule has 1 aliphatic rings. The van der Waals surface area contributed by atoms with Gasteiger partial charge in [0.2, 0.25) is 0 Å². The van der Waals surface area contributed by atoms with Crippen molar-refractivity contribution >= 4 is 0 Å². The fraction of sp³-hybridized carbons (Fsp3) is 0.769. The zero-order valence-electron chi connectivity index (χ0n) is 10.8. The van der Waals surface area contributed by atoms with Crippen LogP contribution in [0.3, 0.4) is 0 Å². The lowest BCUT2D eigenvalue weighted by Crippen LogP contribution is -2.27. The number of aromatic nitrogens is 2. The minimum absolute atomic E-state index is 0.474. The van der Waals surface area contributed by atoms with E-state index >= 15 is 0 Å². The molecule has 0 aliphatic heterocycles. The van der Waals surface area contributed by atoms with Gasteiger partial charge in [-0.15, -0.1) is 0 Å². The third-order valence-corrected chi connectivity index (χ3v) is 3.78. The molecule has 16 heavy (non-hydrogen) atoms. The molecule has 0 radical (unpaired) electrons. The number of aryl methyl sites for hydroxylation is 1. The van der Waals surface area contributed by atoms with Crippen LogP contribution in [0.25, 0.3) is 0 Å². The van der Waals surface area contributed by atoms with Gasteiger partial charge in [-0.3, -0.25) is 4.68 Å². The third kappa shape index (κ3) is 2.14. The Morgan fingerprint density at radius 3 is 2.75 bits per heavy atom. The highest BCUT2D eigenvalue weighted by Crippen LogP contribution is 2.57. The summed E-state index contributed by atoms with van der Waals surface area (Å²) >= 11 is 0. The Hall–Kier alpha value is -0.830. The predicted octanol–water partition coefficient (Wildman–Crippen LogP) is 2.51. The molecule has 0 amide bonds. The van der Waals surface area contributed by atoms with Crippen molar-refractivity contribution in [3.05, 3.63) is 18.0 Å². The van der Waals surface area contributed by atoms with Crippen LogP contribution >= 0.6 is 0 Å². The standard InChI is InChI=1S/C13H23N3/c1-5-7-14-12(10-9-13(10,2)3)11-6-8-15-16(11)4/h6,8,10,12,14H,5,7,9H2,1-4H3. The Morgan fingerprint density at radius 2 is 2.31 bits per heavy atom. The number of nitrogens with zero attached hydrogens (tertiary/aromatic N) is 2. The molecule has 1 N–H and O–H groups in total. The van der Waals surface area contributed by atoms with E-state index in [-0.39, 0.29) is 0 Å². The van der Waals surface area contributed by atoms with Gasteiger partial charge < -0.3 is 5.32 Å². The Labute approximate surface area is 98.2 Å². The lowest BCUT2D eigenvalue weighted by atomic mass is 10.0. The fourth-order valence-corrected chi connectivity index (χ4v) is 2.52. The van der Waals surface area contributed by atoms with Gasteiger partial charge in [0.15, 0.2) is 0 Å². The van der Waals surface area contributed by atoms with E-state index < -0.39 is 0 Å². The Kier molecular flexibility index (Phi) is 3.06. The van der Waals surface area contributed by atoms with E-state index in [0.717, 1.165) is 12.5 Å². The van der Waals surface area contributed by atoms with Crippen LogP contribution in [0.2, 0.25) is 0 Å². The lowest BCUT2D eigenvalue weighted by Gasteiger charge is -2.20. The second-order valence-electron chi connectivity index (χ2n) is 5.61. The number of hydrogen-bond donors (Lipinski definition) is 1. The molecule has 2 atom stereocenters. The van der Waals surface area contributed by atoms with Crippen LogP contribution in [0.5, 0.6) is 0 Å². The van der Waals surface area contributed by atoms with Gasteiger partial charge in [-0.2, -0.15) is 5.10 Å². The zero-order valence-corrected chi connectivity index (χ0v) is 10.8. The smallest absolute Gasteiger partial charge is 0.0553 e. The molecule has 1 aromatic rings. The zero-order chi connectivity index (χ0) is 11.8. The van der Waals surface area contributed by atoms with Gasteiger partial charge in [-0.05, 0) is 36.8 Å². The first kappa shape index (κ1) is 11.6. The number of rotatable bonds is 5. The molecule has 90 valence electrons. The lowest BCUT2D eigenvalue weighted by molar-refractivity contribution is 0.396. The minimum Gasteiger partial charge on any atom is -0.308 e. The van der Waals surface area contributed by atoms with Gasteiger partial charge in [-0.25, -0.2) is 0 Å². The van der Waals surface area contributed by atoms with Crippen molar-refractivity contribution in [1.29, 1.82) is 0 Å². The molecule has 0 aromatic carbocycles. The topological polar surface area (TPSA) is 29.9 Å². The monoisotopic (exact) mass is 221 g/mol. The van der Waals surface area contributed by atoms with Crippen molar-refractivity contribution in [2.75, 3.05) is 6.54 Å². The van der Waals surface area contributed by atoms with Crippen LogP contribution in [0.1, 0.15) is 45.3 Å². The second kappa shape index (κ2) is 4.21. The average Bonchev–Trinajstić information content (AvgIpc) is 2.65. The number of nitrogens with one attached hydrogen (secondary N) is 1. The summed E-state index contributed by atoms with van der Waals surface area (Å²) in [5.74, 6) is 0.759. The molecule has 0 saturated heterocycles. The van der Waals surface area contributed by atoms with Gasteiger partial charge in [0, 0.05) is 13.2 Å². The Balaban J connectivity index is 2.13. The first-order valence-electron chi connectivity index (χ1n) is 6.27. The van der Waals surface area contributed by atoms with E-state index in [4.69, 9.17) is 0 Å². The molecule has 1 saturated carbocycles. The van der Waals surface area contributed by atoms with Crippen LogP contribution in [0.4, 0.5) is 0 Å². The quantitative estimate of drug-likeness (QED) is 0.828.